The minimum Gasteiger partial charge on any atom is -0.317 e. The molecule has 1 amide bonds. The molecule has 0 aliphatic rings. The van der Waals surface area contributed by atoms with Crippen LogP contribution in [0.4, 0.5) is 5.95 Å². The zero-order chi connectivity index (χ0) is 15.2. The summed E-state index contributed by atoms with van der Waals surface area (Å²) in [5.41, 5.74) is 1.91. The number of carbonyl (C=O) groups is 1. The smallest absolute Gasteiger partial charge is 0.240 e. The van der Waals surface area contributed by atoms with Crippen LogP contribution in [0.3, 0.4) is 0 Å². The first-order valence-electron chi connectivity index (χ1n) is 7.26. The van der Waals surface area contributed by atoms with Crippen molar-refractivity contribution in [3.63, 3.8) is 0 Å². The van der Waals surface area contributed by atoms with E-state index in [2.05, 4.69) is 15.6 Å². The number of benzene rings is 1. The van der Waals surface area contributed by atoms with Crippen molar-refractivity contribution in [3.8, 4) is 11.3 Å². The van der Waals surface area contributed by atoms with Crippen molar-refractivity contribution in [2.45, 2.75) is 33.4 Å². The van der Waals surface area contributed by atoms with Gasteiger partial charge in [0.05, 0.1) is 12.2 Å². The Morgan fingerprint density at radius 2 is 2.00 bits per heavy atom. The van der Waals surface area contributed by atoms with E-state index in [0.29, 0.717) is 5.95 Å². The van der Waals surface area contributed by atoms with Gasteiger partial charge in [-0.05, 0) is 6.92 Å². The highest BCUT2D eigenvalue weighted by Crippen LogP contribution is 2.20. The van der Waals surface area contributed by atoms with Crippen LogP contribution in [0.25, 0.3) is 11.3 Å². The van der Waals surface area contributed by atoms with Crippen molar-refractivity contribution in [2.24, 2.45) is 0 Å². The number of nitrogens with one attached hydrogen (secondary N) is 2. The molecule has 0 atom stereocenters. The minimum absolute atomic E-state index is 0.0800. The number of aromatic nitrogens is 2. The quantitative estimate of drug-likeness (QED) is 0.858. The highest BCUT2D eigenvalue weighted by Gasteiger charge is 2.11. The first kappa shape index (κ1) is 15.3. The lowest BCUT2D eigenvalue weighted by atomic mass is 10.2. The van der Waals surface area contributed by atoms with Gasteiger partial charge in [0, 0.05) is 24.3 Å². The highest BCUT2D eigenvalue weighted by molar-refractivity contribution is 5.91. The van der Waals surface area contributed by atoms with Gasteiger partial charge in [-0.2, -0.15) is 0 Å². The van der Waals surface area contributed by atoms with Gasteiger partial charge in [0.1, 0.15) is 0 Å². The Morgan fingerprint density at radius 1 is 1.29 bits per heavy atom. The number of imidazole rings is 1. The summed E-state index contributed by atoms with van der Waals surface area (Å²) in [6, 6.07) is 10.2. The van der Waals surface area contributed by atoms with E-state index in [1.807, 2.05) is 61.9 Å². The van der Waals surface area contributed by atoms with E-state index >= 15 is 0 Å². The molecule has 0 saturated carbocycles. The average Bonchev–Trinajstić information content (AvgIpc) is 2.89. The molecule has 112 valence electrons. The Hall–Kier alpha value is -2.14. The third-order valence-corrected chi connectivity index (χ3v) is 3.11. The monoisotopic (exact) mass is 286 g/mol. The van der Waals surface area contributed by atoms with Crippen molar-refractivity contribution < 1.29 is 4.79 Å². The first-order valence-corrected chi connectivity index (χ1v) is 7.26. The topological polar surface area (TPSA) is 59.0 Å². The fraction of sp³-hybridized carbons (Fsp3) is 0.375. The molecule has 0 saturated heterocycles. The molecule has 2 N–H and O–H groups in total. The lowest BCUT2D eigenvalue weighted by Gasteiger charge is -2.09. The van der Waals surface area contributed by atoms with Crippen LogP contribution < -0.4 is 10.6 Å². The predicted molar refractivity (Wildman–Crippen MR) is 85.1 cm³/mol. The molecule has 0 bridgehead atoms. The van der Waals surface area contributed by atoms with Gasteiger partial charge in [0.25, 0.3) is 0 Å². The van der Waals surface area contributed by atoms with Gasteiger partial charge in [-0.3, -0.25) is 10.1 Å². The number of anilines is 1. The number of aryl methyl sites for hydroxylation is 1. The van der Waals surface area contributed by atoms with Crippen LogP contribution in [-0.4, -0.2) is 28.0 Å². The predicted octanol–water partition coefficient (Wildman–Crippen LogP) is 2.51. The summed E-state index contributed by atoms with van der Waals surface area (Å²) < 4.78 is 1.94. The van der Waals surface area contributed by atoms with E-state index in [1.165, 1.54) is 0 Å². The van der Waals surface area contributed by atoms with Crippen molar-refractivity contribution in [1.82, 2.24) is 14.9 Å². The molecule has 0 aliphatic carbocycles. The fourth-order valence-corrected chi connectivity index (χ4v) is 1.97. The second-order valence-corrected chi connectivity index (χ2v) is 5.19. The summed E-state index contributed by atoms with van der Waals surface area (Å²) in [4.78, 5) is 16.4. The maximum Gasteiger partial charge on any atom is 0.240 e. The summed E-state index contributed by atoms with van der Waals surface area (Å²) in [7, 11) is 0. The number of hydrogen-bond donors (Lipinski definition) is 2. The maximum absolute atomic E-state index is 11.9. The van der Waals surface area contributed by atoms with Crippen molar-refractivity contribution in [3.05, 3.63) is 36.5 Å². The zero-order valence-electron chi connectivity index (χ0n) is 12.8. The molecule has 0 unspecified atom stereocenters. The SMILES string of the molecule is CCn1cc(-c2ccccc2)nc1NC(=O)CNC(C)C. The molecule has 5 heteroatoms. The van der Waals surface area contributed by atoms with Crippen LogP contribution in [-0.2, 0) is 11.3 Å². The number of nitrogens with zero attached hydrogens (tertiary/aromatic N) is 2. The standard InChI is InChI=1S/C16H22N4O/c1-4-20-11-14(13-8-6-5-7-9-13)18-16(20)19-15(21)10-17-12(2)3/h5-9,11-12,17H,4,10H2,1-3H3,(H,18,19,21). The van der Waals surface area contributed by atoms with E-state index in [-0.39, 0.29) is 18.5 Å². The summed E-state index contributed by atoms with van der Waals surface area (Å²) in [6.07, 6.45) is 1.96. The molecule has 2 aromatic rings. The van der Waals surface area contributed by atoms with Crippen molar-refractivity contribution >= 4 is 11.9 Å². The van der Waals surface area contributed by atoms with E-state index in [9.17, 15) is 4.79 Å². The Morgan fingerprint density at radius 3 is 2.62 bits per heavy atom. The van der Waals surface area contributed by atoms with Crippen LogP contribution >= 0.6 is 0 Å². The van der Waals surface area contributed by atoms with Crippen LogP contribution in [0.2, 0.25) is 0 Å². The zero-order valence-corrected chi connectivity index (χ0v) is 12.8. The van der Waals surface area contributed by atoms with Gasteiger partial charge in [-0.1, -0.05) is 44.2 Å². The lowest BCUT2D eigenvalue weighted by Crippen LogP contribution is -2.33. The second-order valence-electron chi connectivity index (χ2n) is 5.19. The molecule has 0 aliphatic heterocycles. The molecular weight excluding hydrogens is 264 g/mol. The average molecular weight is 286 g/mol. The number of carbonyl (C=O) groups excluding carboxylic acids is 1. The largest absolute Gasteiger partial charge is 0.317 e. The number of rotatable bonds is 6. The van der Waals surface area contributed by atoms with E-state index in [4.69, 9.17) is 0 Å². The molecule has 0 radical (unpaired) electrons. The van der Waals surface area contributed by atoms with Crippen LogP contribution in [0.1, 0.15) is 20.8 Å². The van der Waals surface area contributed by atoms with Gasteiger partial charge in [-0.25, -0.2) is 4.98 Å². The van der Waals surface area contributed by atoms with E-state index in [0.717, 1.165) is 17.8 Å². The summed E-state index contributed by atoms with van der Waals surface area (Å²) >= 11 is 0. The molecule has 2 rings (SSSR count). The molecule has 21 heavy (non-hydrogen) atoms. The Bertz CT molecular complexity index is 590. The van der Waals surface area contributed by atoms with Crippen molar-refractivity contribution in [1.29, 1.82) is 0 Å². The van der Waals surface area contributed by atoms with Crippen molar-refractivity contribution in [2.75, 3.05) is 11.9 Å². The van der Waals surface area contributed by atoms with Gasteiger partial charge >= 0.3 is 0 Å². The molecular formula is C16H22N4O. The minimum atomic E-state index is -0.0800. The van der Waals surface area contributed by atoms with Gasteiger partial charge < -0.3 is 9.88 Å². The number of hydrogen-bond acceptors (Lipinski definition) is 3. The number of amides is 1. The van der Waals surface area contributed by atoms with Gasteiger partial charge in [0.15, 0.2) is 0 Å². The second kappa shape index (κ2) is 7.04. The molecule has 1 aromatic heterocycles. The summed E-state index contributed by atoms with van der Waals surface area (Å²) in [5, 5.41) is 5.95. The first-order chi connectivity index (χ1) is 10.1. The Balaban J connectivity index is 2.13. The molecule has 5 nitrogen and oxygen atoms in total. The normalized spacial score (nSPS) is 10.9. The van der Waals surface area contributed by atoms with Crippen LogP contribution in [0.5, 0.6) is 0 Å². The highest BCUT2D eigenvalue weighted by atomic mass is 16.2. The van der Waals surface area contributed by atoms with Crippen LogP contribution in [0.15, 0.2) is 36.5 Å². The third kappa shape index (κ3) is 4.16. The molecule has 1 heterocycles. The van der Waals surface area contributed by atoms with E-state index < -0.39 is 0 Å². The fourth-order valence-electron chi connectivity index (χ4n) is 1.97. The molecule has 0 spiro atoms. The Kier molecular flexibility index (Phi) is 5.11. The Labute approximate surface area is 125 Å². The van der Waals surface area contributed by atoms with Gasteiger partial charge in [0.2, 0.25) is 11.9 Å². The maximum atomic E-state index is 11.9. The van der Waals surface area contributed by atoms with Gasteiger partial charge in [-0.15, -0.1) is 0 Å². The third-order valence-electron chi connectivity index (χ3n) is 3.11. The lowest BCUT2D eigenvalue weighted by molar-refractivity contribution is -0.115. The molecule has 1 aromatic carbocycles. The van der Waals surface area contributed by atoms with E-state index in [1.54, 1.807) is 0 Å². The summed E-state index contributed by atoms with van der Waals surface area (Å²) in [6.45, 7) is 7.09. The summed E-state index contributed by atoms with van der Waals surface area (Å²) in [5.74, 6) is 0.510. The molecule has 0 fully saturated rings. The van der Waals surface area contributed by atoms with Crippen LogP contribution in [0, 0.1) is 0 Å².